The molecule has 0 saturated heterocycles. The zero-order valence-corrected chi connectivity index (χ0v) is 12.1. The lowest BCUT2D eigenvalue weighted by Crippen LogP contribution is -2.21. The number of rotatable bonds is 6. The minimum atomic E-state index is -4.40. The molecule has 0 spiro atoms. The van der Waals surface area contributed by atoms with Crippen LogP contribution in [0.4, 0.5) is 13.2 Å². The summed E-state index contributed by atoms with van der Waals surface area (Å²) in [5, 5.41) is 4.97. The summed E-state index contributed by atoms with van der Waals surface area (Å²) in [5.74, 6) is 2.10. The monoisotopic (exact) mass is 320 g/mol. The maximum atomic E-state index is 12.0. The Morgan fingerprint density at radius 3 is 2.62 bits per heavy atom. The molecule has 8 heteroatoms. The largest absolute Gasteiger partial charge is 0.483 e. The third kappa shape index (κ3) is 6.14. The van der Waals surface area contributed by atoms with Crippen LogP contribution in [0, 0.1) is 12.3 Å². The van der Waals surface area contributed by atoms with Crippen molar-refractivity contribution in [2.45, 2.75) is 30.7 Å². The second kappa shape index (κ2) is 7.43. The first-order valence-electron chi connectivity index (χ1n) is 5.99. The molecule has 0 aliphatic heterocycles. The summed E-state index contributed by atoms with van der Waals surface area (Å²) in [6.07, 6.45) is 2.54. The summed E-state index contributed by atoms with van der Waals surface area (Å²) in [4.78, 5) is 3.99. The maximum absolute atomic E-state index is 12.0. The molecule has 2 N–H and O–H groups in total. The summed E-state index contributed by atoms with van der Waals surface area (Å²) >= 11 is 0. The van der Waals surface area contributed by atoms with Crippen LogP contribution < -0.4 is 9.88 Å². The Hall–Kier alpha value is -1.59. The van der Waals surface area contributed by atoms with E-state index in [0.29, 0.717) is 12.1 Å². The second-order valence-corrected chi connectivity index (χ2v) is 5.88. The zero-order chi connectivity index (χ0) is 16.0. The third-order valence-corrected chi connectivity index (χ3v) is 3.67. The standard InChI is InChI=1S/C13H15F3N2O2S/c1-3-10(6-9(2)21(17)19)12-5-4-11(7-18-12)20-8-13(14,15)16/h1,4-5,7,9-10H,6,8,17H2,2H3/t9?,10-,21?/m0/s1. The van der Waals surface area contributed by atoms with E-state index in [1.807, 2.05) is 0 Å². The minimum absolute atomic E-state index is 0.00213. The highest BCUT2D eigenvalue weighted by molar-refractivity contribution is 7.83. The molecule has 21 heavy (non-hydrogen) atoms. The molecule has 0 aliphatic carbocycles. The first-order valence-corrected chi connectivity index (χ1v) is 7.27. The van der Waals surface area contributed by atoms with E-state index >= 15 is 0 Å². The van der Waals surface area contributed by atoms with Crippen molar-refractivity contribution in [3.63, 3.8) is 0 Å². The molecule has 1 heterocycles. The fraction of sp³-hybridized carbons (Fsp3) is 0.462. The molecule has 1 aromatic rings. The van der Waals surface area contributed by atoms with E-state index in [9.17, 15) is 17.4 Å². The third-order valence-electron chi connectivity index (χ3n) is 2.68. The van der Waals surface area contributed by atoms with Gasteiger partial charge in [0, 0.05) is 5.25 Å². The first kappa shape index (κ1) is 17.5. The summed E-state index contributed by atoms with van der Waals surface area (Å²) in [7, 11) is -1.50. The van der Waals surface area contributed by atoms with Crippen molar-refractivity contribution in [2.75, 3.05) is 6.61 Å². The van der Waals surface area contributed by atoms with Crippen LogP contribution in [0.3, 0.4) is 0 Å². The van der Waals surface area contributed by atoms with Gasteiger partial charge in [0.1, 0.15) is 5.75 Å². The molecule has 0 fully saturated rings. The topological polar surface area (TPSA) is 65.2 Å². The molecule has 116 valence electrons. The molecule has 0 saturated carbocycles. The molecule has 1 aromatic heterocycles. The van der Waals surface area contributed by atoms with Gasteiger partial charge in [-0.25, -0.2) is 4.21 Å². The summed E-state index contributed by atoms with van der Waals surface area (Å²) in [5.41, 5.74) is 0.495. The maximum Gasteiger partial charge on any atom is 0.422 e. The molecule has 0 bridgehead atoms. The highest BCUT2D eigenvalue weighted by atomic mass is 32.2. The Balaban J connectivity index is 2.71. The Kier molecular flexibility index (Phi) is 6.18. The number of hydrogen-bond donors (Lipinski definition) is 1. The average Bonchev–Trinajstić information content (AvgIpc) is 2.42. The second-order valence-electron chi connectivity index (χ2n) is 4.42. The predicted octanol–water partition coefficient (Wildman–Crippen LogP) is 2.14. The number of halogens is 3. The molecule has 0 radical (unpaired) electrons. The van der Waals surface area contributed by atoms with Gasteiger partial charge in [-0.15, -0.1) is 6.42 Å². The molecule has 0 aliphatic rings. The van der Waals surface area contributed by atoms with Crippen LogP contribution in [0.15, 0.2) is 18.3 Å². The van der Waals surface area contributed by atoms with Crippen LogP contribution in [-0.2, 0) is 11.0 Å². The van der Waals surface area contributed by atoms with Crippen molar-refractivity contribution in [2.24, 2.45) is 5.14 Å². The number of terminal acetylenes is 1. The lowest BCUT2D eigenvalue weighted by Gasteiger charge is -2.14. The number of ether oxygens (including phenoxy) is 1. The number of aromatic nitrogens is 1. The van der Waals surface area contributed by atoms with Gasteiger partial charge < -0.3 is 4.74 Å². The van der Waals surface area contributed by atoms with Gasteiger partial charge in [0.25, 0.3) is 0 Å². The zero-order valence-electron chi connectivity index (χ0n) is 11.3. The fourth-order valence-corrected chi connectivity index (χ4v) is 1.93. The smallest absolute Gasteiger partial charge is 0.422 e. The van der Waals surface area contributed by atoms with Crippen LogP contribution in [0.5, 0.6) is 5.75 Å². The normalized spacial score (nSPS) is 15.8. The average molecular weight is 320 g/mol. The number of nitrogens with two attached hydrogens (primary N) is 1. The van der Waals surface area contributed by atoms with Crippen LogP contribution in [0.2, 0.25) is 0 Å². The molecular formula is C13H15F3N2O2S. The van der Waals surface area contributed by atoms with Crippen molar-refractivity contribution >= 4 is 11.0 Å². The van der Waals surface area contributed by atoms with Gasteiger partial charge in [-0.1, -0.05) is 5.92 Å². The van der Waals surface area contributed by atoms with Crippen molar-refractivity contribution < 1.29 is 22.1 Å². The Bertz CT molecular complexity index is 526. The fourth-order valence-electron chi connectivity index (χ4n) is 1.55. The van der Waals surface area contributed by atoms with E-state index < -0.39 is 29.7 Å². The van der Waals surface area contributed by atoms with Crippen molar-refractivity contribution in [1.82, 2.24) is 4.98 Å². The molecule has 4 nitrogen and oxygen atoms in total. The van der Waals surface area contributed by atoms with Gasteiger partial charge >= 0.3 is 6.18 Å². The van der Waals surface area contributed by atoms with Gasteiger partial charge in [-0.05, 0) is 25.5 Å². The van der Waals surface area contributed by atoms with Crippen molar-refractivity contribution in [3.8, 4) is 18.1 Å². The molecular weight excluding hydrogens is 305 g/mol. The predicted molar refractivity (Wildman–Crippen MR) is 73.8 cm³/mol. The molecule has 3 atom stereocenters. The molecule has 2 unspecified atom stereocenters. The number of hydrogen-bond acceptors (Lipinski definition) is 3. The Morgan fingerprint density at radius 2 is 2.19 bits per heavy atom. The van der Waals surface area contributed by atoms with E-state index in [0.717, 1.165) is 0 Å². The van der Waals surface area contributed by atoms with E-state index in [1.165, 1.54) is 18.3 Å². The summed E-state index contributed by atoms with van der Waals surface area (Å²) in [6.45, 7) is 0.317. The van der Waals surface area contributed by atoms with Crippen LogP contribution in [0.1, 0.15) is 25.0 Å². The van der Waals surface area contributed by atoms with E-state index in [-0.39, 0.29) is 11.0 Å². The number of nitrogens with zero attached hydrogens (tertiary/aromatic N) is 1. The highest BCUT2D eigenvalue weighted by Crippen LogP contribution is 2.23. The number of pyridine rings is 1. The van der Waals surface area contributed by atoms with Crippen LogP contribution >= 0.6 is 0 Å². The van der Waals surface area contributed by atoms with Gasteiger partial charge in [0.15, 0.2) is 6.61 Å². The first-order chi connectivity index (χ1) is 9.73. The highest BCUT2D eigenvalue weighted by Gasteiger charge is 2.28. The SMILES string of the molecule is C#C[C@@H](CC(C)S(N)=O)c1ccc(OCC(F)(F)F)cn1. The molecule has 0 aromatic carbocycles. The van der Waals surface area contributed by atoms with E-state index in [1.54, 1.807) is 6.92 Å². The van der Waals surface area contributed by atoms with E-state index in [4.69, 9.17) is 11.6 Å². The Labute approximate surface area is 123 Å². The summed E-state index contributed by atoms with van der Waals surface area (Å²) < 4.78 is 51.7. The lowest BCUT2D eigenvalue weighted by atomic mass is 10.00. The lowest BCUT2D eigenvalue weighted by molar-refractivity contribution is -0.153. The minimum Gasteiger partial charge on any atom is -0.483 e. The summed E-state index contributed by atoms with van der Waals surface area (Å²) in [6, 6.07) is 2.85. The van der Waals surface area contributed by atoms with Crippen molar-refractivity contribution in [1.29, 1.82) is 0 Å². The van der Waals surface area contributed by atoms with Gasteiger partial charge in [-0.3, -0.25) is 10.1 Å². The number of alkyl halides is 3. The quantitative estimate of drug-likeness (QED) is 0.817. The van der Waals surface area contributed by atoms with E-state index in [2.05, 4.69) is 15.6 Å². The van der Waals surface area contributed by atoms with Crippen LogP contribution in [0.25, 0.3) is 0 Å². The van der Waals surface area contributed by atoms with Crippen molar-refractivity contribution in [3.05, 3.63) is 24.0 Å². The Morgan fingerprint density at radius 1 is 1.52 bits per heavy atom. The molecule has 0 amide bonds. The molecule has 1 rings (SSSR count). The van der Waals surface area contributed by atoms with Crippen LogP contribution in [-0.4, -0.2) is 27.2 Å². The van der Waals surface area contributed by atoms with Gasteiger partial charge in [0.05, 0.1) is 28.8 Å². The van der Waals surface area contributed by atoms with Gasteiger partial charge in [-0.2, -0.15) is 13.2 Å². The van der Waals surface area contributed by atoms with Gasteiger partial charge in [0.2, 0.25) is 0 Å².